The summed E-state index contributed by atoms with van der Waals surface area (Å²) >= 11 is 0. The number of hydrogen-bond donors (Lipinski definition) is 2. The van der Waals surface area contributed by atoms with Crippen LogP contribution in [0.1, 0.15) is 31.0 Å². The first-order valence-electron chi connectivity index (χ1n) is 8.72. The Morgan fingerprint density at radius 2 is 2.12 bits per heavy atom. The number of quaternary nitrogens is 1. The van der Waals surface area contributed by atoms with Crippen LogP contribution in [-0.4, -0.2) is 51.2 Å². The quantitative estimate of drug-likeness (QED) is 0.777. The Balaban J connectivity index is 1.79. The second-order valence-corrected chi connectivity index (χ2v) is 6.48. The van der Waals surface area contributed by atoms with E-state index in [0.29, 0.717) is 6.54 Å². The number of hydrogen-bond acceptors (Lipinski definition) is 3. The number of fused-ring (bicyclic) bond motifs is 1. The summed E-state index contributed by atoms with van der Waals surface area (Å²) in [7, 11) is 0. The molecule has 1 fully saturated rings. The third-order valence-corrected chi connectivity index (χ3v) is 4.85. The normalized spacial score (nSPS) is 21.0. The van der Waals surface area contributed by atoms with Gasteiger partial charge in [0.1, 0.15) is 19.1 Å². The molecule has 0 unspecified atom stereocenters. The van der Waals surface area contributed by atoms with Crippen molar-refractivity contribution in [2.24, 2.45) is 0 Å². The van der Waals surface area contributed by atoms with Gasteiger partial charge in [0.25, 0.3) is 5.91 Å². The van der Waals surface area contributed by atoms with E-state index in [1.807, 2.05) is 11.0 Å². The topological polar surface area (TPSA) is 63.1 Å². The number of carbonyl (C=O) groups is 2. The zero-order valence-electron chi connectivity index (χ0n) is 14.4. The number of rotatable bonds is 5. The Labute approximate surface area is 142 Å². The van der Waals surface area contributed by atoms with E-state index in [9.17, 15) is 9.59 Å². The van der Waals surface area contributed by atoms with Gasteiger partial charge in [0.15, 0.2) is 0 Å². The number of nitrogens with one attached hydrogen (secondary N) is 2. The van der Waals surface area contributed by atoms with Crippen LogP contribution in [0.3, 0.4) is 0 Å². The number of ether oxygens (including phenoxy) is 1. The van der Waals surface area contributed by atoms with Gasteiger partial charge in [0.2, 0.25) is 5.91 Å². The first-order chi connectivity index (χ1) is 11.6. The van der Waals surface area contributed by atoms with Gasteiger partial charge < -0.3 is 19.9 Å². The van der Waals surface area contributed by atoms with Crippen molar-refractivity contribution in [2.45, 2.75) is 26.3 Å². The van der Waals surface area contributed by atoms with E-state index >= 15 is 0 Å². The van der Waals surface area contributed by atoms with Gasteiger partial charge in [-0.25, -0.2) is 0 Å². The minimum atomic E-state index is -0.552. The summed E-state index contributed by atoms with van der Waals surface area (Å²) in [5.74, 6) is -0.206. The lowest BCUT2D eigenvalue weighted by Gasteiger charge is -2.26. The molecule has 1 atom stereocenters. The van der Waals surface area contributed by atoms with E-state index in [-0.39, 0.29) is 11.8 Å². The molecule has 0 aliphatic carbocycles. The minimum Gasteiger partial charge on any atom is -0.370 e. The van der Waals surface area contributed by atoms with E-state index in [1.54, 1.807) is 0 Å². The van der Waals surface area contributed by atoms with E-state index in [4.69, 9.17) is 4.74 Å². The summed E-state index contributed by atoms with van der Waals surface area (Å²) in [6.07, 6.45) is 0.909. The number of aryl methyl sites for hydroxylation is 1. The molecule has 0 spiro atoms. The largest absolute Gasteiger partial charge is 0.370 e. The number of nitrogens with zero attached hydrogens (tertiary/aromatic N) is 1. The van der Waals surface area contributed by atoms with Crippen molar-refractivity contribution < 1.29 is 19.2 Å². The fraction of sp³-hybridized carbons (Fsp3) is 0.556. The van der Waals surface area contributed by atoms with Gasteiger partial charge in [0.05, 0.1) is 26.3 Å². The maximum atomic E-state index is 12.8. The second-order valence-electron chi connectivity index (χ2n) is 6.48. The molecule has 2 aliphatic heterocycles. The average molecular weight is 332 g/mol. The molecule has 2 N–H and O–H groups in total. The lowest BCUT2D eigenvalue weighted by Crippen LogP contribution is -3.14. The maximum Gasteiger partial charge on any atom is 0.254 e. The van der Waals surface area contributed by atoms with Gasteiger partial charge in [-0.15, -0.1) is 0 Å². The number of morpholine rings is 1. The van der Waals surface area contributed by atoms with E-state index in [2.05, 4.69) is 24.4 Å². The fourth-order valence-electron chi connectivity index (χ4n) is 3.46. The van der Waals surface area contributed by atoms with Gasteiger partial charge in [-0.05, 0) is 18.1 Å². The SMILES string of the molecule is CCc1ccc2c(c1)[C@@H](NC(C)=O)C(=O)N2CC[NH+]1CCOCC1. The second kappa shape index (κ2) is 7.32. The van der Waals surface area contributed by atoms with Crippen LogP contribution in [-0.2, 0) is 20.7 Å². The highest BCUT2D eigenvalue weighted by Gasteiger charge is 2.38. The molecule has 6 heteroatoms. The predicted molar refractivity (Wildman–Crippen MR) is 91.1 cm³/mol. The van der Waals surface area contributed by atoms with Crippen LogP contribution >= 0.6 is 0 Å². The molecule has 2 amide bonds. The number of carbonyl (C=O) groups excluding carboxylic acids is 2. The van der Waals surface area contributed by atoms with Crippen LogP contribution in [0.2, 0.25) is 0 Å². The lowest BCUT2D eigenvalue weighted by molar-refractivity contribution is -0.906. The maximum absolute atomic E-state index is 12.8. The summed E-state index contributed by atoms with van der Waals surface area (Å²) < 4.78 is 5.39. The van der Waals surface area contributed by atoms with E-state index < -0.39 is 6.04 Å². The Morgan fingerprint density at radius 3 is 2.79 bits per heavy atom. The van der Waals surface area contributed by atoms with E-state index in [0.717, 1.165) is 50.5 Å². The summed E-state index contributed by atoms with van der Waals surface area (Å²) in [6.45, 7) is 8.66. The molecule has 1 aromatic carbocycles. The molecule has 1 aromatic rings. The first kappa shape index (κ1) is 16.9. The van der Waals surface area contributed by atoms with E-state index in [1.165, 1.54) is 17.4 Å². The highest BCUT2D eigenvalue weighted by Crippen LogP contribution is 2.36. The molecule has 0 saturated carbocycles. The molecule has 0 aromatic heterocycles. The van der Waals surface area contributed by atoms with Crippen LogP contribution in [0.5, 0.6) is 0 Å². The third kappa shape index (κ3) is 3.44. The number of anilines is 1. The smallest absolute Gasteiger partial charge is 0.254 e. The van der Waals surface area contributed by atoms with Crippen molar-refractivity contribution in [1.82, 2.24) is 5.32 Å². The molecule has 0 radical (unpaired) electrons. The van der Waals surface area contributed by atoms with Gasteiger partial charge in [-0.1, -0.05) is 19.1 Å². The zero-order chi connectivity index (χ0) is 17.1. The Hall–Kier alpha value is -1.92. The standard InChI is InChI=1S/C18H25N3O3/c1-3-14-4-5-16-15(12-14)17(19-13(2)22)18(23)21(16)7-6-20-8-10-24-11-9-20/h4-5,12,17H,3,6-11H2,1-2H3,(H,19,22)/p+1/t17-/m1/s1. The Morgan fingerprint density at radius 1 is 1.38 bits per heavy atom. The monoisotopic (exact) mass is 332 g/mol. The van der Waals surface area contributed by atoms with Crippen LogP contribution in [0, 0.1) is 0 Å². The predicted octanol–water partition coefficient (Wildman–Crippen LogP) is -0.312. The molecular formula is C18H26N3O3+. The first-order valence-corrected chi connectivity index (χ1v) is 8.72. The molecule has 24 heavy (non-hydrogen) atoms. The molecule has 130 valence electrons. The molecule has 6 nitrogen and oxygen atoms in total. The van der Waals surface area contributed by atoms with Crippen molar-refractivity contribution in [3.05, 3.63) is 29.3 Å². The van der Waals surface area contributed by atoms with Crippen LogP contribution in [0.15, 0.2) is 18.2 Å². The summed E-state index contributed by atoms with van der Waals surface area (Å²) in [6, 6.07) is 5.58. The molecule has 2 aliphatic rings. The zero-order valence-corrected chi connectivity index (χ0v) is 14.4. The van der Waals surface area contributed by atoms with Crippen LogP contribution in [0.25, 0.3) is 0 Å². The van der Waals surface area contributed by atoms with Crippen molar-refractivity contribution >= 4 is 17.5 Å². The fourth-order valence-corrected chi connectivity index (χ4v) is 3.46. The number of amides is 2. The van der Waals surface area contributed by atoms with Crippen LogP contribution < -0.4 is 15.1 Å². The molecule has 1 saturated heterocycles. The lowest BCUT2D eigenvalue weighted by atomic mass is 10.0. The minimum absolute atomic E-state index is 0.0267. The summed E-state index contributed by atoms with van der Waals surface area (Å²) in [5, 5.41) is 2.81. The van der Waals surface area contributed by atoms with Gasteiger partial charge in [-0.3, -0.25) is 9.59 Å². The van der Waals surface area contributed by atoms with Crippen molar-refractivity contribution in [1.29, 1.82) is 0 Å². The molecular weight excluding hydrogens is 306 g/mol. The van der Waals surface area contributed by atoms with Crippen molar-refractivity contribution in [2.75, 3.05) is 44.3 Å². The molecule has 0 bridgehead atoms. The van der Waals surface area contributed by atoms with Crippen molar-refractivity contribution in [3.8, 4) is 0 Å². The highest BCUT2D eigenvalue weighted by molar-refractivity contribution is 6.06. The summed E-state index contributed by atoms with van der Waals surface area (Å²) in [5.41, 5.74) is 3.03. The van der Waals surface area contributed by atoms with Gasteiger partial charge >= 0.3 is 0 Å². The Kier molecular flexibility index (Phi) is 5.16. The van der Waals surface area contributed by atoms with Crippen LogP contribution in [0.4, 0.5) is 5.69 Å². The Bertz CT molecular complexity index is 626. The molecule has 3 rings (SSSR count). The third-order valence-electron chi connectivity index (χ3n) is 4.85. The summed E-state index contributed by atoms with van der Waals surface area (Å²) in [4.78, 5) is 27.7. The van der Waals surface area contributed by atoms with Gasteiger partial charge in [-0.2, -0.15) is 0 Å². The average Bonchev–Trinajstić information content (AvgIpc) is 2.85. The number of benzene rings is 1. The highest BCUT2D eigenvalue weighted by atomic mass is 16.5. The van der Waals surface area contributed by atoms with Crippen molar-refractivity contribution in [3.63, 3.8) is 0 Å². The van der Waals surface area contributed by atoms with Gasteiger partial charge in [0, 0.05) is 18.2 Å². The molecule has 2 heterocycles.